The Balaban J connectivity index is 2.49. The predicted molar refractivity (Wildman–Crippen MR) is 76.0 cm³/mol. The zero-order valence-electron chi connectivity index (χ0n) is 9.75. The van der Waals surface area contributed by atoms with Crippen molar-refractivity contribution in [1.82, 2.24) is 9.55 Å². The molecule has 0 amide bonds. The van der Waals surface area contributed by atoms with Gasteiger partial charge < -0.3 is 4.98 Å². The first-order valence-corrected chi connectivity index (χ1v) is 6.73. The average molecular weight is 359 g/mol. The van der Waals surface area contributed by atoms with E-state index in [1.165, 1.54) is 16.7 Å². The third-order valence-corrected chi connectivity index (χ3v) is 3.80. The molecule has 0 aliphatic heterocycles. The average Bonchev–Trinajstić information content (AvgIpc) is 2.67. The highest BCUT2D eigenvalue weighted by molar-refractivity contribution is 9.10. The van der Waals surface area contributed by atoms with Gasteiger partial charge in [0.05, 0.1) is 11.2 Å². The molecule has 0 unspecified atom stereocenters. The molecule has 1 aromatic heterocycles. The summed E-state index contributed by atoms with van der Waals surface area (Å²) in [7, 11) is 0. The van der Waals surface area contributed by atoms with Gasteiger partial charge in [-0.15, -0.1) is 0 Å². The van der Waals surface area contributed by atoms with Crippen LogP contribution in [0.2, 0.25) is 0 Å². The van der Waals surface area contributed by atoms with Gasteiger partial charge in [0.25, 0.3) is 0 Å². The van der Waals surface area contributed by atoms with Crippen molar-refractivity contribution in [2.24, 2.45) is 0 Å². The van der Waals surface area contributed by atoms with E-state index in [2.05, 4.69) is 20.9 Å². The summed E-state index contributed by atoms with van der Waals surface area (Å²) in [6.07, 6.45) is 0. The summed E-state index contributed by atoms with van der Waals surface area (Å²) in [4.78, 5) is 2.62. The third kappa shape index (κ3) is 1.97. The summed E-state index contributed by atoms with van der Waals surface area (Å²) < 4.78 is 42.9. The highest BCUT2D eigenvalue weighted by Crippen LogP contribution is 2.29. The Morgan fingerprint density at radius 3 is 2.55 bits per heavy atom. The summed E-state index contributed by atoms with van der Waals surface area (Å²) in [6, 6.07) is 6.23. The Morgan fingerprint density at radius 2 is 1.85 bits per heavy atom. The molecule has 102 valence electrons. The zero-order chi connectivity index (χ0) is 14.4. The molecule has 3 aromatic rings. The van der Waals surface area contributed by atoms with Crippen molar-refractivity contribution in [3.63, 3.8) is 0 Å². The second-order valence-electron chi connectivity index (χ2n) is 4.12. The van der Waals surface area contributed by atoms with Crippen molar-refractivity contribution in [1.29, 1.82) is 0 Å². The van der Waals surface area contributed by atoms with Gasteiger partial charge >= 0.3 is 0 Å². The first-order valence-electron chi connectivity index (χ1n) is 5.53. The number of aromatic nitrogens is 2. The van der Waals surface area contributed by atoms with Crippen LogP contribution >= 0.6 is 28.1 Å². The number of H-pyrrole nitrogens is 1. The Morgan fingerprint density at radius 1 is 1.10 bits per heavy atom. The number of imidazole rings is 1. The van der Waals surface area contributed by atoms with Gasteiger partial charge in [-0.3, -0.25) is 4.57 Å². The van der Waals surface area contributed by atoms with Gasteiger partial charge in [-0.05, 0) is 40.3 Å². The topological polar surface area (TPSA) is 20.7 Å². The molecule has 2 aromatic carbocycles. The largest absolute Gasteiger partial charge is 0.328 e. The number of para-hydroxylation sites is 1. The molecular formula is C13H6BrF3N2S. The molecule has 1 N–H and O–H groups in total. The Labute approximate surface area is 125 Å². The number of nitrogens with one attached hydrogen (secondary N) is 1. The molecule has 0 saturated heterocycles. The molecule has 0 spiro atoms. The Hall–Kier alpha value is -1.60. The third-order valence-electron chi connectivity index (χ3n) is 2.87. The number of fused-ring (bicyclic) bond motifs is 1. The molecule has 3 rings (SSSR count). The molecule has 0 atom stereocenters. The molecule has 0 saturated carbocycles. The number of hydrogen-bond donors (Lipinski definition) is 1. The van der Waals surface area contributed by atoms with Crippen LogP contribution in [0, 0.1) is 22.2 Å². The van der Waals surface area contributed by atoms with Gasteiger partial charge in [-0.2, -0.15) is 0 Å². The minimum atomic E-state index is -0.780. The van der Waals surface area contributed by atoms with Crippen molar-refractivity contribution in [2.75, 3.05) is 0 Å². The van der Waals surface area contributed by atoms with E-state index >= 15 is 0 Å². The number of rotatable bonds is 1. The molecule has 20 heavy (non-hydrogen) atoms. The Bertz CT molecular complexity index is 865. The molecule has 0 bridgehead atoms. The van der Waals surface area contributed by atoms with E-state index in [0.717, 1.165) is 12.1 Å². The molecule has 1 heterocycles. The van der Waals surface area contributed by atoms with E-state index in [0.29, 0.717) is 4.47 Å². The Kier molecular flexibility index (Phi) is 3.18. The summed E-state index contributed by atoms with van der Waals surface area (Å²) in [5.74, 6) is -2.09. The van der Waals surface area contributed by atoms with Crippen LogP contribution < -0.4 is 0 Å². The molecule has 0 fully saturated rings. The highest BCUT2D eigenvalue weighted by Gasteiger charge is 2.16. The fourth-order valence-corrected chi connectivity index (χ4v) is 2.87. The molecule has 2 nitrogen and oxygen atoms in total. The summed E-state index contributed by atoms with van der Waals surface area (Å²) >= 11 is 8.30. The van der Waals surface area contributed by atoms with Gasteiger partial charge in [0, 0.05) is 16.6 Å². The maximum absolute atomic E-state index is 14.0. The summed E-state index contributed by atoms with van der Waals surface area (Å²) in [5.41, 5.74) is 0.276. The number of aromatic amines is 1. The van der Waals surface area contributed by atoms with Crippen molar-refractivity contribution < 1.29 is 13.2 Å². The number of benzene rings is 2. The quantitative estimate of drug-likeness (QED) is 0.615. The second kappa shape index (κ2) is 4.75. The van der Waals surface area contributed by atoms with E-state index in [-0.39, 0.29) is 21.5 Å². The van der Waals surface area contributed by atoms with Crippen LogP contribution in [0.4, 0.5) is 13.2 Å². The smallest absolute Gasteiger partial charge is 0.182 e. The van der Waals surface area contributed by atoms with Crippen molar-refractivity contribution >= 4 is 39.2 Å². The lowest BCUT2D eigenvalue weighted by molar-refractivity contribution is 0.590. The molecule has 7 heteroatoms. The van der Waals surface area contributed by atoms with E-state index in [1.807, 2.05) is 0 Å². The number of hydrogen-bond acceptors (Lipinski definition) is 1. The van der Waals surface area contributed by atoms with Crippen molar-refractivity contribution in [3.05, 3.63) is 57.0 Å². The fourth-order valence-electron chi connectivity index (χ4n) is 2.06. The van der Waals surface area contributed by atoms with Crippen molar-refractivity contribution in [3.8, 4) is 5.69 Å². The van der Waals surface area contributed by atoms with Gasteiger partial charge in [0.15, 0.2) is 10.6 Å². The van der Waals surface area contributed by atoms with Crippen LogP contribution in [-0.2, 0) is 0 Å². The number of nitrogens with zero attached hydrogens (tertiary/aromatic N) is 1. The van der Waals surface area contributed by atoms with Gasteiger partial charge in [-0.25, -0.2) is 13.2 Å². The lowest BCUT2D eigenvalue weighted by Gasteiger charge is -2.08. The second-order valence-corrected chi connectivity index (χ2v) is 5.36. The van der Waals surface area contributed by atoms with Crippen LogP contribution in [0.1, 0.15) is 0 Å². The molecule has 0 aliphatic rings. The normalized spacial score (nSPS) is 11.2. The predicted octanol–water partition coefficient (Wildman–Crippen LogP) is 4.87. The first kappa shape index (κ1) is 13.4. The molecule has 0 aliphatic carbocycles. The fraction of sp³-hybridized carbons (Fsp3) is 0. The van der Waals surface area contributed by atoms with Crippen LogP contribution in [-0.4, -0.2) is 9.55 Å². The van der Waals surface area contributed by atoms with Gasteiger partial charge in [-0.1, -0.05) is 6.07 Å². The van der Waals surface area contributed by atoms with E-state index in [9.17, 15) is 13.2 Å². The van der Waals surface area contributed by atoms with Gasteiger partial charge in [0.1, 0.15) is 17.2 Å². The standard InChI is InChI=1S/C13H6BrF3N2S/c14-7-2-1-3-8(16)12(7)19-10-5-6(15)4-9(17)11(10)18-13(19)20/h1-5H,(H,18,20). The minimum absolute atomic E-state index is 0.0338. The maximum atomic E-state index is 14.0. The summed E-state index contributed by atoms with van der Waals surface area (Å²) in [5, 5.41) is 0. The van der Waals surface area contributed by atoms with Crippen LogP contribution in [0.15, 0.2) is 34.8 Å². The van der Waals surface area contributed by atoms with Gasteiger partial charge in [0.2, 0.25) is 0 Å². The zero-order valence-corrected chi connectivity index (χ0v) is 12.2. The van der Waals surface area contributed by atoms with Crippen LogP contribution in [0.5, 0.6) is 0 Å². The lowest BCUT2D eigenvalue weighted by atomic mass is 10.2. The summed E-state index contributed by atoms with van der Waals surface area (Å²) in [6.45, 7) is 0. The van der Waals surface area contributed by atoms with E-state index in [1.54, 1.807) is 6.07 Å². The highest BCUT2D eigenvalue weighted by atomic mass is 79.9. The van der Waals surface area contributed by atoms with E-state index < -0.39 is 17.5 Å². The SMILES string of the molecule is Fc1cc(F)c2[nH]c(=S)n(-c3c(F)cccc3Br)c2c1. The monoisotopic (exact) mass is 358 g/mol. The number of halogens is 4. The minimum Gasteiger partial charge on any atom is -0.328 e. The lowest BCUT2D eigenvalue weighted by Crippen LogP contribution is -1.99. The maximum Gasteiger partial charge on any atom is 0.182 e. The van der Waals surface area contributed by atoms with E-state index in [4.69, 9.17) is 12.2 Å². The van der Waals surface area contributed by atoms with Crippen LogP contribution in [0.3, 0.4) is 0 Å². The first-order chi connectivity index (χ1) is 9.49. The molecule has 0 radical (unpaired) electrons. The van der Waals surface area contributed by atoms with Crippen LogP contribution in [0.25, 0.3) is 16.7 Å². The molecular weight excluding hydrogens is 353 g/mol. The van der Waals surface area contributed by atoms with Crippen molar-refractivity contribution in [2.45, 2.75) is 0 Å².